The van der Waals surface area contributed by atoms with Gasteiger partial charge in [-0.1, -0.05) is 36.7 Å². The Bertz CT molecular complexity index is 1060. The SMILES string of the molecule is CCC(=O)N1CCN(Cc2c(-c3ccc(Cl)cc3)nc3ccc(C4CC4)cn23)CC1. The van der Waals surface area contributed by atoms with Gasteiger partial charge in [-0.3, -0.25) is 9.69 Å². The highest BCUT2D eigenvalue weighted by Crippen LogP contribution is 2.40. The highest BCUT2D eigenvalue weighted by atomic mass is 35.5. The van der Waals surface area contributed by atoms with Crippen LogP contribution in [0.25, 0.3) is 16.9 Å². The average molecular weight is 423 g/mol. The number of nitrogens with zero attached hydrogens (tertiary/aromatic N) is 4. The van der Waals surface area contributed by atoms with Crippen LogP contribution in [0.1, 0.15) is 43.4 Å². The third-order valence-corrected chi connectivity index (χ3v) is 6.56. The Labute approximate surface area is 182 Å². The zero-order chi connectivity index (χ0) is 20.7. The Hall–Kier alpha value is -2.37. The predicted molar refractivity (Wildman–Crippen MR) is 120 cm³/mol. The van der Waals surface area contributed by atoms with Crippen molar-refractivity contribution >= 4 is 23.2 Å². The fraction of sp³-hybridized carbons (Fsp3) is 0.417. The minimum Gasteiger partial charge on any atom is -0.340 e. The molecule has 1 saturated heterocycles. The lowest BCUT2D eigenvalue weighted by Crippen LogP contribution is -2.48. The fourth-order valence-corrected chi connectivity index (χ4v) is 4.47. The van der Waals surface area contributed by atoms with E-state index in [0.29, 0.717) is 12.3 Å². The van der Waals surface area contributed by atoms with Crippen molar-refractivity contribution in [1.82, 2.24) is 19.2 Å². The number of pyridine rings is 1. The number of carbonyl (C=O) groups excluding carboxylic acids is 1. The van der Waals surface area contributed by atoms with Crippen LogP contribution in [0.5, 0.6) is 0 Å². The molecule has 0 atom stereocenters. The van der Waals surface area contributed by atoms with Gasteiger partial charge >= 0.3 is 0 Å². The number of piperazine rings is 1. The van der Waals surface area contributed by atoms with Crippen molar-refractivity contribution in [3.8, 4) is 11.3 Å². The van der Waals surface area contributed by atoms with Crippen LogP contribution in [-0.4, -0.2) is 51.3 Å². The summed E-state index contributed by atoms with van der Waals surface area (Å²) in [6.45, 7) is 6.13. The summed E-state index contributed by atoms with van der Waals surface area (Å²) in [5.74, 6) is 0.951. The number of amides is 1. The lowest BCUT2D eigenvalue weighted by atomic mass is 10.1. The summed E-state index contributed by atoms with van der Waals surface area (Å²) >= 11 is 6.12. The topological polar surface area (TPSA) is 40.9 Å². The van der Waals surface area contributed by atoms with E-state index in [2.05, 4.69) is 27.6 Å². The van der Waals surface area contributed by atoms with E-state index < -0.39 is 0 Å². The van der Waals surface area contributed by atoms with Gasteiger partial charge in [0.05, 0.1) is 11.4 Å². The summed E-state index contributed by atoms with van der Waals surface area (Å²) in [7, 11) is 0. The summed E-state index contributed by atoms with van der Waals surface area (Å²) in [5, 5.41) is 0.733. The number of halogens is 1. The van der Waals surface area contributed by atoms with Gasteiger partial charge in [0, 0.05) is 55.9 Å². The maximum atomic E-state index is 12.0. The van der Waals surface area contributed by atoms with Crippen LogP contribution in [-0.2, 0) is 11.3 Å². The van der Waals surface area contributed by atoms with Crippen LogP contribution in [0, 0.1) is 0 Å². The number of hydrogen-bond acceptors (Lipinski definition) is 3. The molecule has 1 aromatic carbocycles. The molecule has 5 nitrogen and oxygen atoms in total. The molecule has 2 aliphatic rings. The van der Waals surface area contributed by atoms with Gasteiger partial charge in [-0.2, -0.15) is 0 Å². The Kier molecular flexibility index (Phi) is 5.25. The number of rotatable bonds is 5. The molecular weight excluding hydrogens is 396 g/mol. The highest BCUT2D eigenvalue weighted by Gasteiger charge is 2.26. The van der Waals surface area contributed by atoms with Gasteiger partial charge in [-0.25, -0.2) is 4.98 Å². The summed E-state index contributed by atoms with van der Waals surface area (Å²) < 4.78 is 2.28. The van der Waals surface area contributed by atoms with Crippen molar-refractivity contribution in [3.63, 3.8) is 0 Å². The lowest BCUT2D eigenvalue weighted by molar-refractivity contribution is -0.132. The van der Waals surface area contributed by atoms with Gasteiger partial charge in [-0.15, -0.1) is 0 Å². The van der Waals surface area contributed by atoms with Crippen molar-refractivity contribution in [2.75, 3.05) is 26.2 Å². The molecule has 0 spiro atoms. The second-order valence-electron chi connectivity index (χ2n) is 8.39. The molecule has 1 saturated carbocycles. The molecule has 2 fully saturated rings. The monoisotopic (exact) mass is 422 g/mol. The first-order valence-corrected chi connectivity index (χ1v) is 11.3. The van der Waals surface area contributed by atoms with Crippen LogP contribution < -0.4 is 0 Å². The molecule has 3 heterocycles. The first-order valence-electron chi connectivity index (χ1n) is 10.9. The number of imidazole rings is 1. The number of carbonyl (C=O) groups is 1. The standard InChI is InChI=1S/C24H27ClN4O/c1-2-23(30)28-13-11-27(12-14-28)16-21-24(18-5-8-20(25)9-6-18)26-22-10-7-19(15-29(21)22)17-3-4-17/h5-10,15,17H,2-4,11-14,16H2,1H3. The van der Waals surface area contributed by atoms with Crippen LogP contribution in [0.3, 0.4) is 0 Å². The number of hydrogen-bond donors (Lipinski definition) is 0. The van der Waals surface area contributed by atoms with Gasteiger partial charge in [0.1, 0.15) is 5.65 Å². The molecule has 0 N–H and O–H groups in total. The van der Waals surface area contributed by atoms with Gasteiger partial charge < -0.3 is 9.30 Å². The Balaban J connectivity index is 1.48. The smallest absolute Gasteiger partial charge is 0.222 e. The van der Waals surface area contributed by atoms with Crippen LogP contribution >= 0.6 is 11.6 Å². The third-order valence-electron chi connectivity index (χ3n) is 6.31. The normalized spacial score (nSPS) is 17.6. The molecule has 1 aliphatic carbocycles. The summed E-state index contributed by atoms with van der Waals surface area (Å²) in [6.07, 6.45) is 5.43. The maximum Gasteiger partial charge on any atom is 0.222 e. The quantitative estimate of drug-likeness (QED) is 0.604. The molecule has 0 radical (unpaired) electrons. The molecule has 0 bridgehead atoms. The second kappa shape index (κ2) is 8.05. The minimum atomic E-state index is 0.250. The van der Waals surface area contributed by atoms with Crippen molar-refractivity contribution in [3.05, 3.63) is 58.9 Å². The summed E-state index contributed by atoms with van der Waals surface area (Å²) in [4.78, 5) is 21.4. The molecule has 2 aromatic heterocycles. The van der Waals surface area contributed by atoms with Gasteiger partial charge in [0.25, 0.3) is 0 Å². The first kappa shape index (κ1) is 19.6. The number of benzene rings is 1. The molecule has 5 rings (SSSR count). The Morgan fingerprint density at radius 1 is 1.07 bits per heavy atom. The molecule has 156 valence electrons. The van der Waals surface area contributed by atoms with Crippen LogP contribution in [0.2, 0.25) is 5.02 Å². The minimum absolute atomic E-state index is 0.250. The van der Waals surface area contributed by atoms with E-state index in [9.17, 15) is 4.79 Å². The van der Waals surface area contributed by atoms with Gasteiger partial charge in [0.2, 0.25) is 5.91 Å². The molecule has 3 aromatic rings. The van der Waals surface area contributed by atoms with E-state index in [0.717, 1.165) is 54.7 Å². The molecule has 1 amide bonds. The molecule has 6 heteroatoms. The van der Waals surface area contributed by atoms with Crippen LogP contribution in [0.4, 0.5) is 0 Å². The zero-order valence-corrected chi connectivity index (χ0v) is 18.1. The highest BCUT2D eigenvalue weighted by molar-refractivity contribution is 6.30. The average Bonchev–Trinajstić information content (AvgIpc) is 3.57. The van der Waals surface area contributed by atoms with Gasteiger partial charge in [-0.05, 0) is 42.5 Å². The predicted octanol–water partition coefficient (Wildman–Crippen LogP) is 4.59. The van der Waals surface area contributed by atoms with E-state index in [-0.39, 0.29) is 5.91 Å². The van der Waals surface area contributed by atoms with Crippen molar-refractivity contribution in [2.24, 2.45) is 0 Å². The molecule has 1 aliphatic heterocycles. The first-order chi connectivity index (χ1) is 14.6. The van der Waals surface area contributed by atoms with Crippen molar-refractivity contribution in [1.29, 1.82) is 0 Å². The van der Waals surface area contributed by atoms with E-state index >= 15 is 0 Å². The lowest BCUT2D eigenvalue weighted by Gasteiger charge is -2.34. The Morgan fingerprint density at radius 2 is 1.80 bits per heavy atom. The third kappa shape index (κ3) is 3.84. The maximum absolute atomic E-state index is 12.0. The second-order valence-corrected chi connectivity index (χ2v) is 8.83. The van der Waals surface area contributed by atoms with E-state index in [1.165, 1.54) is 24.1 Å². The largest absolute Gasteiger partial charge is 0.340 e. The molecular formula is C24H27ClN4O. The molecule has 0 unspecified atom stereocenters. The summed E-state index contributed by atoms with van der Waals surface area (Å²) in [6, 6.07) is 12.3. The fourth-order valence-electron chi connectivity index (χ4n) is 4.35. The van der Waals surface area contributed by atoms with E-state index in [4.69, 9.17) is 16.6 Å². The van der Waals surface area contributed by atoms with Crippen molar-refractivity contribution < 1.29 is 4.79 Å². The number of fused-ring (bicyclic) bond motifs is 1. The summed E-state index contributed by atoms with van der Waals surface area (Å²) in [5.41, 5.74) is 5.71. The van der Waals surface area contributed by atoms with E-state index in [1.807, 2.05) is 36.1 Å². The molecule has 30 heavy (non-hydrogen) atoms. The number of aromatic nitrogens is 2. The van der Waals surface area contributed by atoms with E-state index in [1.54, 1.807) is 0 Å². The Morgan fingerprint density at radius 3 is 2.47 bits per heavy atom. The van der Waals surface area contributed by atoms with Crippen molar-refractivity contribution in [2.45, 2.75) is 38.6 Å². The van der Waals surface area contributed by atoms with Crippen LogP contribution in [0.15, 0.2) is 42.6 Å². The van der Waals surface area contributed by atoms with Gasteiger partial charge in [0.15, 0.2) is 0 Å². The zero-order valence-electron chi connectivity index (χ0n) is 17.4.